The highest BCUT2D eigenvalue weighted by Crippen LogP contribution is 2.40. The average molecular weight is 645 g/mol. The third-order valence-corrected chi connectivity index (χ3v) is 8.38. The predicted molar refractivity (Wildman–Crippen MR) is 141 cm³/mol. The second-order valence-corrected chi connectivity index (χ2v) is 11.2. The molecule has 0 spiro atoms. The van der Waals surface area contributed by atoms with E-state index >= 15 is 0 Å². The maximum Gasteiger partial charge on any atom is 0.416 e. The van der Waals surface area contributed by atoms with Gasteiger partial charge in [0.15, 0.2) is 0 Å². The van der Waals surface area contributed by atoms with E-state index in [1.54, 1.807) is 18.2 Å². The molecule has 0 aliphatic carbocycles. The van der Waals surface area contributed by atoms with Gasteiger partial charge in [0.1, 0.15) is 34.6 Å². The topological polar surface area (TPSA) is 115 Å². The highest BCUT2D eigenvalue weighted by Gasteiger charge is 2.37. The minimum Gasteiger partial charge on any atom is -0.497 e. The molecule has 17 heteroatoms. The number of nitriles is 1. The van der Waals surface area contributed by atoms with Crippen LogP contribution in [0.4, 0.5) is 31.5 Å². The Morgan fingerprint density at radius 2 is 1.56 bits per heavy atom. The van der Waals surface area contributed by atoms with Gasteiger partial charge in [0.05, 0.1) is 42.4 Å². The Bertz CT molecular complexity index is 1740. The van der Waals surface area contributed by atoms with Crippen molar-refractivity contribution in [3.8, 4) is 29.1 Å². The van der Waals surface area contributed by atoms with Crippen LogP contribution in [-0.2, 0) is 28.9 Å². The fourth-order valence-electron chi connectivity index (χ4n) is 3.75. The minimum atomic E-state index is -5.13. The summed E-state index contributed by atoms with van der Waals surface area (Å²) in [6.45, 7) is -0.296. The summed E-state index contributed by atoms with van der Waals surface area (Å²) in [5.74, 6) is -0.599. The van der Waals surface area contributed by atoms with Crippen molar-refractivity contribution >= 4 is 26.5 Å². The van der Waals surface area contributed by atoms with Crippen molar-refractivity contribution in [1.29, 1.82) is 5.26 Å². The van der Waals surface area contributed by atoms with Crippen molar-refractivity contribution in [2.75, 3.05) is 18.5 Å². The van der Waals surface area contributed by atoms with Crippen LogP contribution < -0.4 is 18.5 Å². The van der Waals surface area contributed by atoms with Crippen LogP contribution in [0.25, 0.3) is 0 Å². The Balaban J connectivity index is 1.74. The van der Waals surface area contributed by atoms with E-state index in [4.69, 9.17) is 14.2 Å². The standard InChI is InChI=1S/C26H18F6N4O5S2/c1-39-19-4-3-15(23(11-19)40-2)13-36(24-35-34-14-42-24)43(37,38)21-5-6-22(16(7-21)12-33)41-20-9-17(25(27,28)29)8-18(10-20)26(30,31)32/h3-11,14H,13H2,1-2H3. The molecule has 4 aromatic rings. The smallest absolute Gasteiger partial charge is 0.416 e. The summed E-state index contributed by atoms with van der Waals surface area (Å²) in [7, 11) is -1.67. The summed E-state index contributed by atoms with van der Waals surface area (Å²) in [5, 5.41) is 17.2. The highest BCUT2D eigenvalue weighted by atomic mass is 32.2. The molecule has 0 unspecified atom stereocenters. The van der Waals surface area contributed by atoms with E-state index in [1.807, 2.05) is 0 Å². The monoisotopic (exact) mass is 644 g/mol. The van der Waals surface area contributed by atoms with E-state index in [-0.39, 0.29) is 17.7 Å². The second-order valence-electron chi connectivity index (χ2n) is 8.52. The molecule has 0 amide bonds. The number of benzene rings is 3. The second kappa shape index (κ2) is 12.0. The van der Waals surface area contributed by atoms with Gasteiger partial charge in [0.25, 0.3) is 10.0 Å². The number of anilines is 1. The molecular formula is C26H18F6N4O5S2. The van der Waals surface area contributed by atoms with Gasteiger partial charge in [0, 0.05) is 11.6 Å². The van der Waals surface area contributed by atoms with Crippen molar-refractivity contribution in [2.24, 2.45) is 0 Å². The van der Waals surface area contributed by atoms with E-state index in [0.29, 0.717) is 29.2 Å². The molecule has 0 atom stereocenters. The third-order valence-electron chi connectivity index (χ3n) is 5.82. The summed E-state index contributed by atoms with van der Waals surface area (Å²) in [4.78, 5) is -0.445. The fraction of sp³-hybridized carbons (Fsp3) is 0.192. The van der Waals surface area contributed by atoms with Crippen molar-refractivity contribution in [3.63, 3.8) is 0 Å². The Morgan fingerprint density at radius 3 is 2.09 bits per heavy atom. The molecule has 0 radical (unpaired) electrons. The van der Waals surface area contributed by atoms with E-state index in [9.17, 15) is 40.0 Å². The number of hydrogen-bond donors (Lipinski definition) is 0. The first-order valence-corrected chi connectivity index (χ1v) is 14.0. The molecule has 3 aromatic carbocycles. The molecule has 1 aromatic heterocycles. The maximum atomic E-state index is 13.8. The van der Waals surface area contributed by atoms with E-state index in [1.165, 1.54) is 25.8 Å². The lowest BCUT2D eigenvalue weighted by molar-refractivity contribution is -0.143. The van der Waals surface area contributed by atoms with Crippen molar-refractivity contribution in [3.05, 3.63) is 82.4 Å². The van der Waals surface area contributed by atoms with Gasteiger partial charge in [-0.1, -0.05) is 11.3 Å². The summed E-state index contributed by atoms with van der Waals surface area (Å²) < 4.78 is 124. The molecule has 0 aliphatic rings. The van der Waals surface area contributed by atoms with Crippen LogP contribution >= 0.6 is 11.3 Å². The SMILES string of the molecule is COc1ccc(CN(c2nncs2)S(=O)(=O)c2ccc(Oc3cc(C(F)(F)F)cc(C(F)(F)F)c3)c(C#N)c2)c(OC)c1. The van der Waals surface area contributed by atoms with E-state index in [2.05, 4.69) is 10.2 Å². The molecule has 0 fully saturated rings. The number of alkyl halides is 6. The first-order valence-electron chi connectivity index (χ1n) is 11.7. The van der Waals surface area contributed by atoms with Gasteiger partial charge in [-0.2, -0.15) is 31.6 Å². The van der Waals surface area contributed by atoms with Gasteiger partial charge >= 0.3 is 12.4 Å². The van der Waals surface area contributed by atoms with Crippen LogP contribution in [0.3, 0.4) is 0 Å². The molecular weight excluding hydrogens is 626 g/mol. The van der Waals surface area contributed by atoms with Crippen LogP contribution in [0.5, 0.6) is 23.0 Å². The molecule has 0 saturated carbocycles. The molecule has 0 saturated heterocycles. The zero-order valence-electron chi connectivity index (χ0n) is 21.9. The van der Waals surface area contributed by atoms with Crippen molar-refractivity contribution in [2.45, 2.75) is 23.8 Å². The lowest BCUT2D eigenvalue weighted by Gasteiger charge is -2.23. The van der Waals surface area contributed by atoms with Gasteiger partial charge in [-0.05, 0) is 48.5 Å². The van der Waals surface area contributed by atoms with Crippen molar-refractivity contribution in [1.82, 2.24) is 10.2 Å². The van der Waals surface area contributed by atoms with Gasteiger partial charge in [0.2, 0.25) is 5.13 Å². The van der Waals surface area contributed by atoms with E-state index in [0.717, 1.165) is 33.8 Å². The number of aromatic nitrogens is 2. The molecule has 1 heterocycles. The first kappa shape index (κ1) is 31.4. The summed E-state index contributed by atoms with van der Waals surface area (Å²) in [6.07, 6.45) is -10.3. The molecule has 226 valence electrons. The lowest BCUT2D eigenvalue weighted by atomic mass is 10.1. The summed E-state index contributed by atoms with van der Waals surface area (Å²) in [6, 6.07) is 9.76. The largest absolute Gasteiger partial charge is 0.497 e. The maximum absolute atomic E-state index is 13.8. The number of halogens is 6. The quantitative estimate of drug-likeness (QED) is 0.186. The molecule has 4 rings (SSSR count). The Hall–Kier alpha value is -4.56. The Labute approximate surface area is 244 Å². The summed E-state index contributed by atoms with van der Waals surface area (Å²) >= 11 is 0.900. The zero-order chi connectivity index (χ0) is 31.6. The summed E-state index contributed by atoms with van der Waals surface area (Å²) in [5.41, 5.74) is -2.03. The number of hydrogen-bond acceptors (Lipinski definition) is 9. The van der Waals surface area contributed by atoms with Gasteiger partial charge < -0.3 is 14.2 Å². The third kappa shape index (κ3) is 6.92. The van der Waals surface area contributed by atoms with Crippen LogP contribution in [0.1, 0.15) is 22.3 Å². The normalized spacial score (nSPS) is 12.0. The Kier molecular flexibility index (Phi) is 8.74. The number of sulfonamides is 1. The van der Waals surface area contributed by atoms with Gasteiger partial charge in [-0.25, -0.2) is 12.7 Å². The molecule has 0 N–H and O–H groups in total. The first-order chi connectivity index (χ1) is 20.2. The molecule has 0 aliphatic heterocycles. The van der Waals surface area contributed by atoms with Crippen LogP contribution in [0.2, 0.25) is 0 Å². The fourth-order valence-corrected chi connectivity index (χ4v) is 5.95. The zero-order valence-corrected chi connectivity index (χ0v) is 23.5. The highest BCUT2D eigenvalue weighted by molar-refractivity contribution is 7.93. The van der Waals surface area contributed by atoms with Gasteiger partial charge in [-0.3, -0.25) is 0 Å². The van der Waals surface area contributed by atoms with Crippen LogP contribution in [-0.4, -0.2) is 32.8 Å². The Morgan fingerprint density at radius 1 is 0.884 bits per heavy atom. The van der Waals surface area contributed by atoms with Crippen molar-refractivity contribution < 1.29 is 49.0 Å². The van der Waals surface area contributed by atoms with Crippen LogP contribution in [0.15, 0.2) is 65.0 Å². The molecule has 0 bridgehead atoms. The number of nitrogens with zero attached hydrogens (tertiary/aromatic N) is 4. The lowest BCUT2D eigenvalue weighted by Crippen LogP contribution is -2.30. The minimum absolute atomic E-state index is 0.0413. The molecule has 43 heavy (non-hydrogen) atoms. The number of methoxy groups -OCH3 is 2. The molecule has 9 nitrogen and oxygen atoms in total. The average Bonchev–Trinajstić information content (AvgIpc) is 3.49. The number of rotatable bonds is 9. The predicted octanol–water partition coefficient (Wildman–Crippen LogP) is 6.65. The van der Waals surface area contributed by atoms with E-state index < -0.39 is 55.5 Å². The van der Waals surface area contributed by atoms with Gasteiger partial charge in [-0.15, -0.1) is 10.2 Å². The van der Waals surface area contributed by atoms with Crippen LogP contribution in [0, 0.1) is 11.3 Å². The number of ether oxygens (including phenoxy) is 3.